The Morgan fingerprint density at radius 2 is 2.09 bits per heavy atom. The van der Waals surface area contributed by atoms with E-state index in [1.807, 2.05) is 24.3 Å². The Morgan fingerprint density at radius 3 is 3.00 bits per heavy atom. The van der Waals surface area contributed by atoms with E-state index < -0.39 is 0 Å². The summed E-state index contributed by atoms with van der Waals surface area (Å²) in [4.78, 5) is 32.2. The van der Waals surface area contributed by atoms with Crippen molar-refractivity contribution in [2.45, 2.75) is 6.04 Å². The second-order valence-electron chi connectivity index (χ2n) is 5.56. The van der Waals surface area contributed by atoms with E-state index in [2.05, 4.69) is 4.98 Å². The summed E-state index contributed by atoms with van der Waals surface area (Å²) in [6.07, 6.45) is 1.42. The van der Waals surface area contributed by atoms with Crippen LogP contribution in [0, 0.1) is 0 Å². The summed E-state index contributed by atoms with van der Waals surface area (Å²) in [5.74, 6) is -0.0386. The first-order chi connectivity index (χ1) is 10.7. The van der Waals surface area contributed by atoms with Gasteiger partial charge in [-0.15, -0.1) is 0 Å². The zero-order valence-electron chi connectivity index (χ0n) is 11.9. The van der Waals surface area contributed by atoms with Crippen molar-refractivity contribution in [3.63, 3.8) is 0 Å². The van der Waals surface area contributed by atoms with Gasteiger partial charge in [-0.3, -0.25) is 14.7 Å². The van der Waals surface area contributed by atoms with Gasteiger partial charge in [-0.05, 0) is 12.1 Å². The highest BCUT2D eigenvalue weighted by molar-refractivity contribution is 6.05. The first-order valence-corrected chi connectivity index (χ1v) is 7.30. The standard InChI is InChI=1S/C16H15N3O3/c20-15(13-5-1-3-11-4-2-6-17-14(11)13)18-7-8-19-12(9-18)10-22-16(19)21/h1-6,12H,7-10H2/t12-/m1/s1. The second kappa shape index (κ2) is 4.98. The molecule has 2 fully saturated rings. The molecule has 4 rings (SSSR count). The highest BCUT2D eigenvalue weighted by atomic mass is 16.6. The van der Waals surface area contributed by atoms with Gasteiger partial charge in [0, 0.05) is 31.2 Å². The van der Waals surface area contributed by atoms with Gasteiger partial charge in [0.2, 0.25) is 0 Å². The van der Waals surface area contributed by atoms with Crippen LogP contribution in [-0.4, -0.2) is 59.1 Å². The Balaban J connectivity index is 1.63. The van der Waals surface area contributed by atoms with Gasteiger partial charge in [-0.25, -0.2) is 4.79 Å². The minimum absolute atomic E-state index is 0.0341. The van der Waals surface area contributed by atoms with Crippen LogP contribution >= 0.6 is 0 Å². The Kier molecular flexibility index (Phi) is 2.96. The van der Waals surface area contributed by atoms with Crippen LogP contribution in [0.5, 0.6) is 0 Å². The fraction of sp³-hybridized carbons (Fsp3) is 0.312. The molecule has 0 unspecified atom stereocenters. The van der Waals surface area contributed by atoms with Crippen LogP contribution in [0.4, 0.5) is 4.79 Å². The molecule has 0 aliphatic carbocycles. The number of para-hydroxylation sites is 1. The topological polar surface area (TPSA) is 62.7 Å². The molecular weight excluding hydrogens is 282 g/mol. The molecule has 1 aromatic heterocycles. The van der Waals surface area contributed by atoms with Gasteiger partial charge in [0.1, 0.15) is 6.61 Å². The molecular formula is C16H15N3O3. The van der Waals surface area contributed by atoms with Gasteiger partial charge in [0.25, 0.3) is 5.91 Å². The van der Waals surface area contributed by atoms with Gasteiger partial charge in [-0.2, -0.15) is 0 Å². The summed E-state index contributed by atoms with van der Waals surface area (Å²) in [7, 11) is 0. The molecule has 0 spiro atoms. The van der Waals surface area contributed by atoms with E-state index in [0.29, 0.717) is 31.8 Å². The molecule has 6 heteroatoms. The maximum Gasteiger partial charge on any atom is 0.410 e. The van der Waals surface area contributed by atoms with Gasteiger partial charge >= 0.3 is 6.09 Å². The van der Waals surface area contributed by atoms with Crippen molar-refractivity contribution in [2.75, 3.05) is 26.2 Å². The molecule has 22 heavy (non-hydrogen) atoms. The Labute approximate surface area is 127 Å². The predicted octanol–water partition coefficient (Wildman–Crippen LogP) is 1.51. The van der Waals surface area contributed by atoms with Crippen LogP contribution in [0.25, 0.3) is 10.9 Å². The molecule has 2 aliphatic rings. The first kappa shape index (κ1) is 13.1. The van der Waals surface area contributed by atoms with Crippen LogP contribution in [0.2, 0.25) is 0 Å². The number of carbonyl (C=O) groups is 2. The number of cyclic esters (lactones) is 1. The number of ether oxygens (including phenoxy) is 1. The Morgan fingerprint density at radius 1 is 1.23 bits per heavy atom. The summed E-state index contributed by atoms with van der Waals surface area (Å²) in [6, 6.07) is 9.39. The van der Waals surface area contributed by atoms with E-state index in [0.717, 1.165) is 10.9 Å². The minimum Gasteiger partial charge on any atom is -0.447 e. The van der Waals surface area contributed by atoms with Crippen molar-refractivity contribution in [2.24, 2.45) is 0 Å². The van der Waals surface area contributed by atoms with Gasteiger partial charge < -0.3 is 9.64 Å². The van der Waals surface area contributed by atoms with E-state index in [-0.39, 0.29) is 18.0 Å². The fourth-order valence-corrected chi connectivity index (χ4v) is 3.12. The van der Waals surface area contributed by atoms with E-state index >= 15 is 0 Å². The molecule has 1 atom stereocenters. The highest BCUT2D eigenvalue weighted by Crippen LogP contribution is 2.22. The third kappa shape index (κ3) is 1.99. The van der Waals surface area contributed by atoms with E-state index in [9.17, 15) is 9.59 Å². The quantitative estimate of drug-likeness (QED) is 0.800. The number of fused-ring (bicyclic) bond motifs is 2. The van der Waals surface area contributed by atoms with Crippen molar-refractivity contribution in [1.82, 2.24) is 14.8 Å². The molecule has 0 bridgehead atoms. The lowest BCUT2D eigenvalue weighted by Gasteiger charge is -2.35. The molecule has 2 amide bonds. The number of pyridine rings is 1. The molecule has 0 saturated carbocycles. The van der Waals surface area contributed by atoms with Gasteiger partial charge in [0.15, 0.2) is 0 Å². The van der Waals surface area contributed by atoms with E-state index in [1.165, 1.54) is 0 Å². The lowest BCUT2D eigenvalue weighted by atomic mass is 10.1. The number of hydrogen-bond donors (Lipinski definition) is 0. The third-order valence-electron chi connectivity index (χ3n) is 4.27. The summed E-state index contributed by atoms with van der Waals surface area (Å²) in [5, 5.41) is 0.950. The normalized spacial score (nSPS) is 20.9. The molecule has 1 aromatic carbocycles. The molecule has 3 heterocycles. The second-order valence-corrected chi connectivity index (χ2v) is 5.56. The molecule has 0 radical (unpaired) electrons. The molecule has 112 valence electrons. The van der Waals surface area contributed by atoms with Crippen LogP contribution in [0.1, 0.15) is 10.4 Å². The summed E-state index contributed by atoms with van der Waals surface area (Å²) >= 11 is 0. The number of hydrogen-bond acceptors (Lipinski definition) is 4. The lowest BCUT2D eigenvalue weighted by Crippen LogP contribution is -2.53. The largest absolute Gasteiger partial charge is 0.447 e. The average Bonchev–Trinajstić information content (AvgIpc) is 2.94. The monoisotopic (exact) mass is 297 g/mol. The summed E-state index contributed by atoms with van der Waals surface area (Å²) in [5.41, 5.74) is 1.33. The maximum absolute atomic E-state index is 12.8. The number of rotatable bonds is 1. The Bertz CT molecular complexity index is 756. The Hall–Kier alpha value is -2.63. The molecule has 2 aromatic rings. The molecule has 6 nitrogen and oxygen atoms in total. The molecule has 2 aliphatic heterocycles. The fourth-order valence-electron chi connectivity index (χ4n) is 3.12. The zero-order valence-corrected chi connectivity index (χ0v) is 11.9. The van der Waals surface area contributed by atoms with Gasteiger partial charge in [-0.1, -0.05) is 18.2 Å². The zero-order chi connectivity index (χ0) is 15.1. The summed E-state index contributed by atoms with van der Waals surface area (Å²) in [6.45, 7) is 1.91. The van der Waals surface area contributed by atoms with Crippen molar-refractivity contribution in [3.05, 3.63) is 42.1 Å². The number of amides is 2. The average molecular weight is 297 g/mol. The first-order valence-electron chi connectivity index (χ1n) is 7.30. The number of piperazine rings is 1. The number of carbonyl (C=O) groups excluding carboxylic acids is 2. The third-order valence-corrected chi connectivity index (χ3v) is 4.27. The number of benzene rings is 1. The van der Waals surface area contributed by atoms with Gasteiger partial charge in [0.05, 0.1) is 17.1 Å². The van der Waals surface area contributed by atoms with Crippen molar-refractivity contribution >= 4 is 22.9 Å². The van der Waals surface area contributed by atoms with Crippen LogP contribution in [-0.2, 0) is 4.74 Å². The number of nitrogens with zero attached hydrogens (tertiary/aromatic N) is 3. The van der Waals surface area contributed by atoms with E-state index in [4.69, 9.17) is 4.74 Å². The van der Waals surface area contributed by atoms with Crippen LogP contribution < -0.4 is 0 Å². The maximum atomic E-state index is 12.8. The molecule has 2 saturated heterocycles. The van der Waals surface area contributed by atoms with E-state index in [1.54, 1.807) is 22.1 Å². The predicted molar refractivity (Wildman–Crippen MR) is 79.5 cm³/mol. The molecule has 0 N–H and O–H groups in total. The van der Waals surface area contributed by atoms with Crippen LogP contribution in [0.3, 0.4) is 0 Å². The minimum atomic E-state index is -0.274. The highest BCUT2D eigenvalue weighted by Gasteiger charge is 2.39. The SMILES string of the molecule is O=C(c1cccc2cccnc12)N1CCN2C(=O)OC[C@H]2C1. The van der Waals surface area contributed by atoms with Crippen molar-refractivity contribution in [3.8, 4) is 0 Å². The lowest BCUT2D eigenvalue weighted by molar-refractivity contribution is 0.0618. The summed E-state index contributed by atoms with van der Waals surface area (Å²) < 4.78 is 5.04. The number of aromatic nitrogens is 1. The smallest absolute Gasteiger partial charge is 0.410 e. The van der Waals surface area contributed by atoms with Crippen molar-refractivity contribution < 1.29 is 14.3 Å². The van der Waals surface area contributed by atoms with Crippen molar-refractivity contribution in [1.29, 1.82) is 0 Å². The van der Waals surface area contributed by atoms with Crippen LogP contribution in [0.15, 0.2) is 36.5 Å².